The number of aryl methyl sites for hydroxylation is 1. The van der Waals surface area contributed by atoms with E-state index in [1.54, 1.807) is 6.20 Å². The molecular formula is C25H28N4O2S. The number of nitrogens with zero attached hydrogens (tertiary/aromatic N) is 3. The Morgan fingerprint density at radius 3 is 2.44 bits per heavy atom. The number of carbonyl (C=O) groups is 2. The highest BCUT2D eigenvalue weighted by molar-refractivity contribution is 7.09. The molecule has 4 rings (SSSR count). The number of benzene rings is 2. The average Bonchev–Trinajstić information content (AvgIpc) is 3.35. The summed E-state index contributed by atoms with van der Waals surface area (Å²) in [5.74, 6) is 0.116. The molecular weight excluding hydrogens is 420 g/mol. The van der Waals surface area contributed by atoms with Gasteiger partial charge in [-0.25, -0.2) is 4.98 Å². The van der Waals surface area contributed by atoms with Crippen LogP contribution < -0.4 is 5.32 Å². The molecule has 32 heavy (non-hydrogen) atoms. The van der Waals surface area contributed by atoms with E-state index in [2.05, 4.69) is 15.2 Å². The summed E-state index contributed by atoms with van der Waals surface area (Å²) in [6, 6.07) is 17.7. The Kier molecular flexibility index (Phi) is 7.29. The normalized spacial score (nSPS) is 15.3. The summed E-state index contributed by atoms with van der Waals surface area (Å²) in [7, 11) is 0. The second kappa shape index (κ2) is 10.5. The number of thiazole rings is 1. The summed E-state index contributed by atoms with van der Waals surface area (Å²) in [6.45, 7) is 5.03. The van der Waals surface area contributed by atoms with E-state index in [0.29, 0.717) is 39.1 Å². The van der Waals surface area contributed by atoms with Crippen LogP contribution in [0.4, 0.5) is 0 Å². The number of aromatic nitrogens is 1. The zero-order valence-electron chi connectivity index (χ0n) is 18.2. The van der Waals surface area contributed by atoms with Gasteiger partial charge in [0.1, 0.15) is 11.0 Å². The van der Waals surface area contributed by atoms with Gasteiger partial charge in [-0.3, -0.25) is 14.5 Å². The van der Waals surface area contributed by atoms with Crippen LogP contribution in [0.3, 0.4) is 0 Å². The molecule has 6 nitrogen and oxygen atoms in total. The van der Waals surface area contributed by atoms with Crippen molar-refractivity contribution in [3.8, 4) is 0 Å². The Hall–Kier alpha value is -3.03. The number of amides is 2. The minimum Gasteiger partial charge on any atom is -0.342 e. The fourth-order valence-electron chi connectivity index (χ4n) is 3.96. The Labute approximate surface area is 192 Å². The third-order valence-corrected chi connectivity index (χ3v) is 6.67. The average molecular weight is 449 g/mol. The first-order valence-electron chi connectivity index (χ1n) is 10.9. The maximum absolute atomic E-state index is 12.8. The molecule has 3 aromatic rings. The van der Waals surface area contributed by atoms with E-state index in [1.807, 2.05) is 71.8 Å². The predicted octanol–water partition coefficient (Wildman–Crippen LogP) is 3.04. The highest BCUT2D eigenvalue weighted by Crippen LogP contribution is 2.23. The zero-order valence-corrected chi connectivity index (χ0v) is 19.1. The van der Waals surface area contributed by atoms with Gasteiger partial charge in [0, 0.05) is 37.8 Å². The molecule has 7 heteroatoms. The van der Waals surface area contributed by atoms with Gasteiger partial charge in [-0.15, -0.1) is 11.3 Å². The van der Waals surface area contributed by atoms with Crippen LogP contribution in [0, 0.1) is 6.92 Å². The Balaban J connectivity index is 1.29. The molecule has 0 bridgehead atoms. The minimum absolute atomic E-state index is 0.0336. The standard InChI is InChI=1S/C25H28N4O2S/c1-19-7-5-6-10-21(19)17-23(31)29-14-12-28(13-15-29)18-22(30)27-24(25-26-11-16-32-25)20-8-3-2-4-9-20/h2-11,16,24H,12-15,17-18H2,1H3,(H,27,30). The summed E-state index contributed by atoms with van der Waals surface area (Å²) < 4.78 is 0. The molecule has 1 aliphatic rings. The molecule has 2 aromatic carbocycles. The summed E-state index contributed by atoms with van der Waals surface area (Å²) in [4.78, 5) is 34.0. The van der Waals surface area contributed by atoms with Crippen molar-refractivity contribution in [3.63, 3.8) is 0 Å². The van der Waals surface area contributed by atoms with Crippen LogP contribution in [0.25, 0.3) is 0 Å². The monoisotopic (exact) mass is 448 g/mol. The van der Waals surface area contributed by atoms with Crippen molar-refractivity contribution in [1.82, 2.24) is 20.1 Å². The molecule has 0 radical (unpaired) electrons. The number of rotatable bonds is 7. The first kappa shape index (κ1) is 22.2. The number of hydrogen-bond donors (Lipinski definition) is 1. The van der Waals surface area contributed by atoms with Gasteiger partial charge < -0.3 is 10.2 Å². The van der Waals surface area contributed by atoms with Gasteiger partial charge in [0.25, 0.3) is 0 Å². The third kappa shape index (κ3) is 5.60. The van der Waals surface area contributed by atoms with E-state index in [0.717, 1.165) is 21.7 Å². The number of hydrogen-bond acceptors (Lipinski definition) is 5. The lowest BCUT2D eigenvalue weighted by atomic mass is 10.1. The van der Waals surface area contributed by atoms with E-state index >= 15 is 0 Å². The Bertz CT molecular complexity index is 1030. The van der Waals surface area contributed by atoms with Gasteiger partial charge >= 0.3 is 0 Å². The third-order valence-electron chi connectivity index (χ3n) is 5.83. The topological polar surface area (TPSA) is 65.5 Å². The number of nitrogens with one attached hydrogen (secondary N) is 1. The predicted molar refractivity (Wildman–Crippen MR) is 126 cm³/mol. The lowest BCUT2D eigenvalue weighted by Gasteiger charge is -2.34. The van der Waals surface area contributed by atoms with E-state index in [4.69, 9.17) is 0 Å². The molecule has 1 aromatic heterocycles. The summed E-state index contributed by atoms with van der Waals surface area (Å²) in [5, 5.41) is 5.94. The number of piperazine rings is 1. The molecule has 0 aliphatic carbocycles. The number of carbonyl (C=O) groups excluding carboxylic acids is 2. The Morgan fingerprint density at radius 1 is 1.03 bits per heavy atom. The lowest BCUT2D eigenvalue weighted by Crippen LogP contribution is -2.51. The highest BCUT2D eigenvalue weighted by Gasteiger charge is 2.25. The van der Waals surface area contributed by atoms with Crippen molar-refractivity contribution in [2.45, 2.75) is 19.4 Å². The molecule has 0 spiro atoms. The summed E-state index contributed by atoms with van der Waals surface area (Å²) >= 11 is 1.54. The molecule has 2 heterocycles. The minimum atomic E-state index is -0.249. The van der Waals surface area contributed by atoms with Crippen molar-refractivity contribution < 1.29 is 9.59 Å². The lowest BCUT2D eigenvalue weighted by molar-refractivity contribution is -0.132. The van der Waals surface area contributed by atoms with Gasteiger partial charge in [0.05, 0.1) is 13.0 Å². The van der Waals surface area contributed by atoms with Crippen LogP contribution in [-0.2, 0) is 16.0 Å². The SMILES string of the molecule is Cc1ccccc1CC(=O)N1CCN(CC(=O)NC(c2ccccc2)c2nccs2)CC1. The molecule has 0 saturated carbocycles. The van der Waals surface area contributed by atoms with Crippen LogP contribution in [0.15, 0.2) is 66.2 Å². The molecule has 1 N–H and O–H groups in total. The summed E-state index contributed by atoms with van der Waals surface area (Å²) in [6.07, 6.45) is 2.19. The maximum Gasteiger partial charge on any atom is 0.235 e. The highest BCUT2D eigenvalue weighted by atomic mass is 32.1. The van der Waals surface area contributed by atoms with E-state index < -0.39 is 0 Å². The maximum atomic E-state index is 12.8. The largest absolute Gasteiger partial charge is 0.342 e. The van der Waals surface area contributed by atoms with Gasteiger partial charge in [-0.2, -0.15) is 0 Å². The van der Waals surface area contributed by atoms with Crippen LogP contribution in [0.2, 0.25) is 0 Å². The van der Waals surface area contributed by atoms with Crippen LogP contribution >= 0.6 is 11.3 Å². The molecule has 1 unspecified atom stereocenters. The van der Waals surface area contributed by atoms with Gasteiger partial charge in [-0.05, 0) is 23.6 Å². The molecule has 1 saturated heterocycles. The van der Waals surface area contributed by atoms with Crippen molar-refractivity contribution in [2.75, 3.05) is 32.7 Å². The molecule has 1 atom stereocenters. The second-order valence-corrected chi connectivity index (χ2v) is 8.97. The second-order valence-electron chi connectivity index (χ2n) is 8.04. The Morgan fingerprint density at radius 2 is 1.75 bits per heavy atom. The molecule has 166 valence electrons. The van der Waals surface area contributed by atoms with Crippen LogP contribution in [0.1, 0.15) is 27.7 Å². The fraction of sp³-hybridized carbons (Fsp3) is 0.320. The first-order chi connectivity index (χ1) is 15.6. The van der Waals surface area contributed by atoms with Gasteiger partial charge in [0.15, 0.2) is 0 Å². The van der Waals surface area contributed by atoms with E-state index in [9.17, 15) is 9.59 Å². The smallest absolute Gasteiger partial charge is 0.235 e. The van der Waals surface area contributed by atoms with Crippen LogP contribution in [-0.4, -0.2) is 59.3 Å². The van der Waals surface area contributed by atoms with E-state index in [1.165, 1.54) is 11.3 Å². The van der Waals surface area contributed by atoms with Crippen molar-refractivity contribution in [2.24, 2.45) is 0 Å². The summed E-state index contributed by atoms with van der Waals surface area (Å²) in [5.41, 5.74) is 3.24. The van der Waals surface area contributed by atoms with Gasteiger partial charge in [-0.1, -0.05) is 54.6 Å². The molecule has 1 aliphatic heterocycles. The van der Waals surface area contributed by atoms with Crippen molar-refractivity contribution in [1.29, 1.82) is 0 Å². The van der Waals surface area contributed by atoms with Crippen molar-refractivity contribution >= 4 is 23.2 Å². The first-order valence-corrected chi connectivity index (χ1v) is 11.8. The molecule has 2 amide bonds. The van der Waals surface area contributed by atoms with Gasteiger partial charge in [0.2, 0.25) is 11.8 Å². The fourth-order valence-corrected chi connectivity index (χ4v) is 4.67. The zero-order chi connectivity index (χ0) is 22.3. The van der Waals surface area contributed by atoms with E-state index in [-0.39, 0.29) is 17.9 Å². The van der Waals surface area contributed by atoms with Crippen LogP contribution in [0.5, 0.6) is 0 Å². The van der Waals surface area contributed by atoms with Crippen molar-refractivity contribution in [3.05, 3.63) is 87.9 Å². The quantitative estimate of drug-likeness (QED) is 0.603. The molecule has 1 fully saturated rings.